The van der Waals surface area contributed by atoms with E-state index in [1.807, 2.05) is 11.0 Å². The molecule has 0 spiro atoms. The number of hydrogen-bond donors (Lipinski definition) is 1. The van der Waals surface area contributed by atoms with E-state index in [-0.39, 0.29) is 6.10 Å². The minimum Gasteiger partial charge on any atom is -0.443 e. The number of anilines is 2. The molecule has 2 atom stereocenters. The SMILES string of the molecule is CO[C@H]1CCN(c2ccncc2N)C[C@@H]1N(C(=O)OC(C)(C)C)C(=O)OC(C)(C)C. The third kappa shape index (κ3) is 6.22. The summed E-state index contributed by atoms with van der Waals surface area (Å²) in [5.41, 5.74) is 5.86. The van der Waals surface area contributed by atoms with Gasteiger partial charge >= 0.3 is 12.2 Å². The van der Waals surface area contributed by atoms with Crippen LogP contribution in [0.25, 0.3) is 0 Å². The number of amides is 2. The molecule has 2 heterocycles. The topological polar surface area (TPSA) is 107 Å². The van der Waals surface area contributed by atoms with Crippen molar-refractivity contribution in [1.82, 2.24) is 9.88 Å². The molecule has 0 aliphatic carbocycles. The summed E-state index contributed by atoms with van der Waals surface area (Å²) in [5.74, 6) is 0. The van der Waals surface area contributed by atoms with Crippen LogP contribution in [0.5, 0.6) is 0 Å². The second-order valence-electron chi connectivity index (χ2n) is 9.34. The molecule has 0 saturated carbocycles. The van der Waals surface area contributed by atoms with E-state index in [1.54, 1.807) is 61.0 Å². The number of rotatable bonds is 3. The Morgan fingerprint density at radius 2 is 1.70 bits per heavy atom. The van der Waals surface area contributed by atoms with E-state index in [4.69, 9.17) is 19.9 Å². The standard InChI is InChI=1S/C21H34N4O5/c1-20(2,3)29-18(26)25(19(27)30-21(4,5)6)16-13-24(11-9-17(16)28-7)15-8-10-23-12-14(15)22/h8,10,12,16-17H,9,11,13,22H2,1-7H3/t16-,17-/m0/s1. The maximum Gasteiger partial charge on any atom is 0.420 e. The van der Waals surface area contributed by atoms with Crippen molar-refractivity contribution < 1.29 is 23.8 Å². The lowest BCUT2D eigenvalue weighted by molar-refractivity contribution is -0.0358. The molecule has 1 aliphatic rings. The van der Waals surface area contributed by atoms with Crippen LogP contribution in [0.15, 0.2) is 18.5 Å². The number of imide groups is 1. The van der Waals surface area contributed by atoms with E-state index >= 15 is 0 Å². The molecule has 0 unspecified atom stereocenters. The second kappa shape index (κ2) is 9.07. The zero-order chi connectivity index (χ0) is 22.7. The van der Waals surface area contributed by atoms with Crippen LogP contribution in [-0.2, 0) is 14.2 Å². The fourth-order valence-electron chi connectivity index (χ4n) is 3.31. The number of nitrogens with zero attached hydrogens (tertiary/aromatic N) is 3. The number of carbonyl (C=O) groups is 2. The predicted molar refractivity (Wildman–Crippen MR) is 114 cm³/mol. The van der Waals surface area contributed by atoms with Gasteiger partial charge in [-0.1, -0.05) is 0 Å². The third-order valence-electron chi connectivity index (χ3n) is 4.50. The average molecular weight is 423 g/mol. The number of pyridine rings is 1. The second-order valence-corrected chi connectivity index (χ2v) is 9.34. The van der Waals surface area contributed by atoms with Crippen molar-refractivity contribution in [2.75, 3.05) is 30.8 Å². The number of piperidine rings is 1. The number of nitrogens with two attached hydrogens (primary N) is 1. The summed E-state index contributed by atoms with van der Waals surface area (Å²) in [6.07, 6.45) is 1.91. The highest BCUT2D eigenvalue weighted by Gasteiger charge is 2.43. The quantitative estimate of drug-likeness (QED) is 0.789. The number of ether oxygens (including phenoxy) is 3. The van der Waals surface area contributed by atoms with Gasteiger partial charge in [-0.3, -0.25) is 4.98 Å². The Hall–Kier alpha value is -2.55. The summed E-state index contributed by atoms with van der Waals surface area (Å²) in [6.45, 7) is 11.5. The molecule has 30 heavy (non-hydrogen) atoms. The Bertz CT molecular complexity index is 728. The molecule has 168 valence electrons. The van der Waals surface area contributed by atoms with E-state index in [0.717, 1.165) is 10.6 Å². The summed E-state index contributed by atoms with van der Waals surface area (Å²) >= 11 is 0. The van der Waals surface area contributed by atoms with Crippen LogP contribution in [0.3, 0.4) is 0 Å². The zero-order valence-corrected chi connectivity index (χ0v) is 19.0. The van der Waals surface area contributed by atoms with Crippen molar-refractivity contribution in [3.63, 3.8) is 0 Å². The molecule has 1 aromatic rings. The monoisotopic (exact) mass is 422 g/mol. The molecule has 0 radical (unpaired) electrons. The van der Waals surface area contributed by atoms with Gasteiger partial charge in [-0.25, -0.2) is 14.5 Å². The molecule has 9 nitrogen and oxygen atoms in total. The molecule has 1 saturated heterocycles. The van der Waals surface area contributed by atoms with Crippen LogP contribution in [-0.4, -0.2) is 65.6 Å². The highest BCUT2D eigenvalue weighted by atomic mass is 16.6. The first kappa shape index (κ1) is 23.7. The van der Waals surface area contributed by atoms with E-state index in [0.29, 0.717) is 25.2 Å². The van der Waals surface area contributed by atoms with Crippen LogP contribution < -0.4 is 10.6 Å². The molecule has 1 aromatic heterocycles. The van der Waals surface area contributed by atoms with Crippen LogP contribution in [0, 0.1) is 0 Å². The van der Waals surface area contributed by atoms with Gasteiger partial charge in [0.2, 0.25) is 0 Å². The Morgan fingerprint density at radius 1 is 1.13 bits per heavy atom. The van der Waals surface area contributed by atoms with Crippen LogP contribution in [0.4, 0.5) is 21.0 Å². The fourth-order valence-corrected chi connectivity index (χ4v) is 3.31. The van der Waals surface area contributed by atoms with Gasteiger partial charge in [0.1, 0.15) is 11.2 Å². The van der Waals surface area contributed by atoms with Crippen LogP contribution >= 0.6 is 0 Å². The maximum absolute atomic E-state index is 13.1. The maximum atomic E-state index is 13.1. The first-order valence-corrected chi connectivity index (χ1v) is 10.0. The molecule has 0 aromatic carbocycles. The summed E-state index contributed by atoms with van der Waals surface area (Å²) < 4.78 is 16.7. The van der Waals surface area contributed by atoms with E-state index in [9.17, 15) is 9.59 Å². The highest BCUT2D eigenvalue weighted by molar-refractivity contribution is 5.89. The first-order valence-electron chi connectivity index (χ1n) is 10.0. The van der Waals surface area contributed by atoms with Gasteiger partial charge in [0.05, 0.1) is 29.7 Å². The predicted octanol–water partition coefficient (Wildman–Crippen LogP) is 3.43. The Balaban J connectivity index is 2.39. The van der Waals surface area contributed by atoms with Gasteiger partial charge in [0, 0.05) is 26.4 Å². The van der Waals surface area contributed by atoms with Crippen molar-refractivity contribution in [1.29, 1.82) is 0 Å². The smallest absolute Gasteiger partial charge is 0.420 e. The molecular weight excluding hydrogens is 388 g/mol. The number of nitrogen functional groups attached to an aromatic ring is 1. The molecule has 0 bridgehead atoms. The van der Waals surface area contributed by atoms with Gasteiger partial charge in [0.15, 0.2) is 0 Å². The van der Waals surface area contributed by atoms with Crippen molar-refractivity contribution in [2.24, 2.45) is 0 Å². The Morgan fingerprint density at radius 3 is 2.17 bits per heavy atom. The molecule has 2 N–H and O–H groups in total. The van der Waals surface area contributed by atoms with Crippen molar-refractivity contribution in [2.45, 2.75) is 71.3 Å². The number of hydrogen-bond acceptors (Lipinski definition) is 8. The van der Waals surface area contributed by atoms with Gasteiger partial charge in [-0.2, -0.15) is 0 Å². The van der Waals surface area contributed by atoms with Crippen LogP contribution in [0.1, 0.15) is 48.0 Å². The molecular formula is C21H34N4O5. The lowest BCUT2D eigenvalue weighted by Gasteiger charge is -2.43. The average Bonchev–Trinajstić information content (AvgIpc) is 2.59. The minimum atomic E-state index is -0.774. The van der Waals surface area contributed by atoms with Crippen molar-refractivity contribution in [3.05, 3.63) is 18.5 Å². The third-order valence-corrected chi connectivity index (χ3v) is 4.50. The molecule has 1 aliphatic heterocycles. The lowest BCUT2D eigenvalue weighted by atomic mass is 10.00. The van der Waals surface area contributed by atoms with Gasteiger partial charge in [0.25, 0.3) is 0 Å². The zero-order valence-electron chi connectivity index (χ0n) is 19.0. The first-order chi connectivity index (χ1) is 13.8. The van der Waals surface area contributed by atoms with E-state index < -0.39 is 29.4 Å². The van der Waals surface area contributed by atoms with Gasteiger partial charge in [-0.15, -0.1) is 0 Å². The molecule has 9 heteroatoms. The Labute approximate surface area is 178 Å². The molecule has 2 amide bonds. The number of carbonyl (C=O) groups excluding carboxylic acids is 2. The van der Waals surface area contributed by atoms with E-state index in [1.165, 1.54) is 0 Å². The molecule has 1 fully saturated rings. The molecule has 2 rings (SSSR count). The largest absolute Gasteiger partial charge is 0.443 e. The fraction of sp³-hybridized carbons (Fsp3) is 0.667. The van der Waals surface area contributed by atoms with Crippen LogP contribution in [0.2, 0.25) is 0 Å². The normalized spacial score (nSPS) is 19.9. The number of methoxy groups -OCH3 is 1. The number of aromatic nitrogens is 1. The summed E-state index contributed by atoms with van der Waals surface area (Å²) in [7, 11) is 1.57. The van der Waals surface area contributed by atoms with Crippen molar-refractivity contribution in [3.8, 4) is 0 Å². The highest BCUT2D eigenvalue weighted by Crippen LogP contribution is 2.29. The van der Waals surface area contributed by atoms with Gasteiger partial charge in [-0.05, 0) is 54.0 Å². The minimum absolute atomic E-state index is 0.325. The summed E-state index contributed by atoms with van der Waals surface area (Å²) in [5, 5.41) is 0. The van der Waals surface area contributed by atoms with Gasteiger partial charge < -0.3 is 24.8 Å². The van der Waals surface area contributed by atoms with Crippen molar-refractivity contribution >= 4 is 23.6 Å². The Kier molecular flexibility index (Phi) is 7.18. The van der Waals surface area contributed by atoms with E-state index in [2.05, 4.69) is 4.98 Å². The lowest BCUT2D eigenvalue weighted by Crippen LogP contribution is -2.60. The summed E-state index contributed by atoms with van der Waals surface area (Å²) in [6, 6.07) is 1.19. The summed E-state index contributed by atoms with van der Waals surface area (Å²) in [4.78, 5) is 33.2.